The number of nitrogens with one attached hydrogen (secondary N) is 1. The zero-order chi connectivity index (χ0) is 19.9. The molecule has 8 heteroatoms. The van der Waals surface area contributed by atoms with E-state index in [9.17, 15) is 9.59 Å². The van der Waals surface area contributed by atoms with Crippen molar-refractivity contribution in [1.82, 2.24) is 10.2 Å². The standard InChI is InChI=1S/C20H21ClN2O5/c21-17-11-16(12-18(13-17)28-8-5-22-20(25)26)14-1-3-15(4-2-14)19(24)23-6-9-27-10-7-23/h1-4,11-13,22H,5-10H2,(H,25,26). The number of amides is 2. The van der Waals surface area contributed by atoms with Crippen molar-refractivity contribution in [3.63, 3.8) is 0 Å². The predicted molar refractivity (Wildman–Crippen MR) is 105 cm³/mol. The second-order valence-electron chi connectivity index (χ2n) is 6.24. The number of rotatable bonds is 6. The number of ether oxygens (including phenoxy) is 2. The van der Waals surface area contributed by atoms with E-state index in [2.05, 4.69) is 5.32 Å². The smallest absolute Gasteiger partial charge is 0.404 e. The number of nitrogens with zero attached hydrogens (tertiary/aromatic N) is 1. The fourth-order valence-corrected chi connectivity index (χ4v) is 3.12. The Morgan fingerprint density at radius 1 is 1.11 bits per heavy atom. The van der Waals surface area contributed by atoms with Crippen LogP contribution in [0.1, 0.15) is 10.4 Å². The molecule has 0 unspecified atom stereocenters. The summed E-state index contributed by atoms with van der Waals surface area (Å²) in [5.74, 6) is 0.541. The summed E-state index contributed by atoms with van der Waals surface area (Å²) in [4.78, 5) is 24.8. The number of hydrogen-bond acceptors (Lipinski definition) is 4. The van der Waals surface area contributed by atoms with E-state index in [-0.39, 0.29) is 19.1 Å². The number of carbonyl (C=O) groups is 2. The van der Waals surface area contributed by atoms with Crippen molar-refractivity contribution >= 4 is 23.6 Å². The van der Waals surface area contributed by atoms with Gasteiger partial charge in [-0.15, -0.1) is 0 Å². The molecule has 0 radical (unpaired) electrons. The molecule has 1 aliphatic heterocycles. The third-order valence-electron chi connectivity index (χ3n) is 4.28. The van der Waals surface area contributed by atoms with Crippen molar-refractivity contribution in [1.29, 1.82) is 0 Å². The van der Waals surface area contributed by atoms with Gasteiger partial charge in [-0.1, -0.05) is 23.7 Å². The molecule has 2 amide bonds. The highest BCUT2D eigenvalue weighted by molar-refractivity contribution is 6.31. The molecular weight excluding hydrogens is 384 g/mol. The summed E-state index contributed by atoms with van der Waals surface area (Å²) in [5, 5.41) is 11.3. The van der Waals surface area contributed by atoms with Gasteiger partial charge >= 0.3 is 6.09 Å². The fraction of sp³-hybridized carbons (Fsp3) is 0.300. The van der Waals surface area contributed by atoms with Gasteiger partial charge in [-0.25, -0.2) is 4.79 Å². The van der Waals surface area contributed by atoms with Crippen LogP contribution in [0.25, 0.3) is 11.1 Å². The van der Waals surface area contributed by atoms with E-state index >= 15 is 0 Å². The summed E-state index contributed by atoms with van der Waals surface area (Å²) < 4.78 is 10.8. The molecule has 1 aliphatic rings. The Kier molecular flexibility index (Phi) is 6.73. The lowest BCUT2D eigenvalue weighted by Crippen LogP contribution is -2.40. The van der Waals surface area contributed by atoms with Gasteiger partial charge in [-0.3, -0.25) is 4.79 Å². The minimum atomic E-state index is -1.10. The summed E-state index contributed by atoms with van der Waals surface area (Å²) in [6, 6.07) is 12.6. The molecule has 0 aromatic heterocycles. The quantitative estimate of drug-likeness (QED) is 0.722. The molecule has 0 aliphatic carbocycles. The lowest BCUT2D eigenvalue weighted by atomic mass is 10.0. The Morgan fingerprint density at radius 2 is 1.82 bits per heavy atom. The molecule has 7 nitrogen and oxygen atoms in total. The van der Waals surface area contributed by atoms with Gasteiger partial charge in [-0.2, -0.15) is 0 Å². The SMILES string of the molecule is O=C(O)NCCOc1cc(Cl)cc(-c2ccc(C(=O)N3CCOCC3)cc2)c1. The first-order chi connectivity index (χ1) is 13.5. The molecule has 1 fully saturated rings. The van der Waals surface area contributed by atoms with Crippen LogP contribution < -0.4 is 10.1 Å². The van der Waals surface area contributed by atoms with Gasteiger partial charge in [0, 0.05) is 23.7 Å². The van der Waals surface area contributed by atoms with Gasteiger partial charge in [-0.05, 0) is 41.5 Å². The van der Waals surface area contributed by atoms with Gasteiger partial charge in [0.1, 0.15) is 12.4 Å². The Bertz CT molecular complexity index is 835. The van der Waals surface area contributed by atoms with Crippen molar-refractivity contribution in [2.24, 2.45) is 0 Å². The van der Waals surface area contributed by atoms with Gasteiger partial charge in [0.2, 0.25) is 0 Å². The maximum Gasteiger partial charge on any atom is 0.404 e. The van der Waals surface area contributed by atoms with Crippen molar-refractivity contribution in [2.45, 2.75) is 0 Å². The molecule has 0 saturated carbocycles. The molecule has 1 heterocycles. The number of benzene rings is 2. The molecule has 148 valence electrons. The topological polar surface area (TPSA) is 88.1 Å². The van der Waals surface area contributed by atoms with E-state index in [0.29, 0.717) is 42.6 Å². The average molecular weight is 405 g/mol. The van der Waals surface area contributed by atoms with Crippen LogP contribution in [-0.2, 0) is 4.74 Å². The number of carboxylic acid groups (broad SMARTS) is 1. The maximum absolute atomic E-state index is 12.5. The molecule has 28 heavy (non-hydrogen) atoms. The molecule has 3 rings (SSSR count). The summed E-state index contributed by atoms with van der Waals surface area (Å²) in [6.45, 7) is 2.71. The average Bonchev–Trinajstić information content (AvgIpc) is 2.71. The van der Waals surface area contributed by atoms with Crippen molar-refractivity contribution in [3.8, 4) is 16.9 Å². The van der Waals surface area contributed by atoms with E-state index in [4.69, 9.17) is 26.2 Å². The number of carbonyl (C=O) groups excluding carboxylic acids is 1. The van der Waals surface area contributed by atoms with E-state index < -0.39 is 6.09 Å². The molecular formula is C20H21ClN2O5. The third kappa shape index (κ3) is 5.37. The van der Waals surface area contributed by atoms with Crippen LogP contribution in [0.5, 0.6) is 5.75 Å². The summed E-state index contributed by atoms with van der Waals surface area (Å²) in [5.41, 5.74) is 2.37. The molecule has 2 N–H and O–H groups in total. The maximum atomic E-state index is 12.5. The van der Waals surface area contributed by atoms with Crippen LogP contribution in [0.4, 0.5) is 4.79 Å². The summed E-state index contributed by atoms with van der Waals surface area (Å²) in [6.07, 6.45) is -1.10. The minimum Gasteiger partial charge on any atom is -0.492 e. The van der Waals surface area contributed by atoms with Crippen LogP contribution in [0.15, 0.2) is 42.5 Å². The zero-order valence-corrected chi connectivity index (χ0v) is 15.9. The Labute approximate surface area is 167 Å². The highest BCUT2D eigenvalue weighted by Gasteiger charge is 2.18. The second-order valence-corrected chi connectivity index (χ2v) is 6.67. The molecule has 2 aromatic rings. The molecule has 2 aromatic carbocycles. The lowest BCUT2D eigenvalue weighted by molar-refractivity contribution is 0.0303. The van der Waals surface area contributed by atoms with E-state index in [0.717, 1.165) is 11.1 Å². The van der Waals surface area contributed by atoms with Crippen LogP contribution >= 0.6 is 11.6 Å². The first kappa shape index (κ1) is 20.0. The Morgan fingerprint density at radius 3 is 2.50 bits per heavy atom. The molecule has 0 spiro atoms. The van der Waals surface area contributed by atoms with Gasteiger partial charge in [0.25, 0.3) is 5.91 Å². The fourth-order valence-electron chi connectivity index (χ4n) is 2.89. The lowest BCUT2D eigenvalue weighted by Gasteiger charge is -2.26. The Hall–Kier alpha value is -2.77. The zero-order valence-electron chi connectivity index (χ0n) is 15.2. The van der Waals surface area contributed by atoms with E-state index in [1.165, 1.54) is 0 Å². The van der Waals surface area contributed by atoms with Crippen LogP contribution in [-0.4, -0.2) is 61.5 Å². The monoisotopic (exact) mass is 404 g/mol. The van der Waals surface area contributed by atoms with Gasteiger partial charge in [0.05, 0.1) is 19.8 Å². The van der Waals surface area contributed by atoms with Gasteiger partial charge < -0.3 is 24.8 Å². The summed E-state index contributed by atoms with van der Waals surface area (Å²) in [7, 11) is 0. The number of hydrogen-bond donors (Lipinski definition) is 2. The first-order valence-electron chi connectivity index (χ1n) is 8.90. The molecule has 0 atom stereocenters. The second kappa shape index (κ2) is 9.43. The van der Waals surface area contributed by atoms with Crippen LogP contribution in [0.2, 0.25) is 5.02 Å². The largest absolute Gasteiger partial charge is 0.492 e. The predicted octanol–water partition coefficient (Wildman–Crippen LogP) is 3.13. The number of halogens is 1. The third-order valence-corrected chi connectivity index (χ3v) is 4.50. The van der Waals surface area contributed by atoms with Crippen molar-refractivity contribution in [3.05, 3.63) is 53.1 Å². The number of morpholine rings is 1. The molecule has 0 bridgehead atoms. The summed E-state index contributed by atoms with van der Waals surface area (Å²) >= 11 is 6.18. The highest BCUT2D eigenvalue weighted by atomic mass is 35.5. The Balaban J connectivity index is 1.68. The van der Waals surface area contributed by atoms with E-state index in [1.54, 1.807) is 23.1 Å². The normalized spacial score (nSPS) is 13.8. The van der Waals surface area contributed by atoms with Crippen molar-refractivity contribution < 1.29 is 24.2 Å². The minimum absolute atomic E-state index is 0.00380. The van der Waals surface area contributed by atoms with Crippen molar-refractivity contribution in [2.75, 3.05) is 39.5 Å². The highest BCUT2D eigenvalue weighted by Crippen LogP contribution is 2.29. The van der Waals surface area contributed by atoms with Gasteiger partial charge in [0.15, 0.2) is 0 Å². The molecule has 1 saturated heterocycles. The van der Waals surface area contributed by atoms with Crippen LogP contribution in [0, 0.1) is 0 Å². The van der Waals surface area contributed by atoms with E-state index in [1.807, 2.05) is 24.3 Å². The first-order valence-corrected chi connectivity index (χ1v) is 9.28. The van der Waals surface area contributed by atoms with Crippen LogP contribution in [0.3, 0.4) is 0 Å².